The van der Waals surface area contributed by atoms with Gasteiger partial charge in [0.15, 0.2) is 6.10 Å². The number of aliphatic hydroxyl groups is 3. The van der Waals surface area contributed by atoms with Crippen molar-refractivity contribution in [3.8, 4) is 0 Å². The second-order valence-corrected chi connectivity index (χ2v) is 21.9. The quantitative estimate of drug-likeness (QED) is 0.0309. The van der Waals surface area contributed by atoms with Crippen LogP contribution in [0.4, 0.5) is 0 Å². The fourth-order valence-electron chi connectivity index (χ4n) is 9.28. The summed E-state index contributed by atoms with van der Waals surface area (Å²) >= 11 is 0. The van der Waals surface area contributed by atoms with E-state index in [1.807, 2.05) is 6.92 Å². The van der Waals surface area contributed by atoms with Gasteiger partial charge in [-0.15, -0.1) is 0 Å². The molecule has 0 unspecified atom stereocenters. The molecule has 3 N–H and O–H groups in total. The maximum absolute atomic E-state index is 12.8. The van der Waals surface area contributed by atoms with Gasteiger partial charge in [0.1, 0.15) is 13.2 Å². The molecule has 0 spiro atoms. The van der Waals surface area contributed by atoms with Crippen molar-refractivity contribution in [3.05, 3.63) is 0 Å². The molecule has 0 fully saturated rings. The van der Waals surface area contributed by atoms with Crippen molar-refractivity contribution in [2.75, 3.05) is 33.0 Å². The Morgan fingerprint density at radius 1 is 0.306 bits per heavy atom. The lowest BCUT2D eigenvalue weighted by atomic mass is 9.88. The third kappa shape index (κ3) is 54.5. The fraction of sp³-hybridized carbons (Fsp3) is 0.952. The summed E-state index contributed by atoms with van der Waals surface area (Å²) in [6, 6.07) is 0. The zero-order valence-corrected chi connectivity index (χ0v) is 48.6. The summed E-state index contributed by atoms with van der Waals surface area (Å²) in [5.74, 6) is -0.832. The van der Waals surface area contributed by atoms with Crippen LogP contribution in [0.5, 0.6) is 0 Å². The topological polar surface area (TPSA) is 140 Å². The molecule has 0 bridgehead atoms. The number of carbonyl (C=O) groups excluding carboxylic acids is 3. The van der Waals surface area contributed by atoms with E-state index in [9.17, 15) is 14.4 Å². The molecule has 0 rings (SSSR count). The molecule has 0 heterocycles. The molecule has 0 amide bonds. The molecule has 430 valence electrons. The minimum Gasteiger partial charge on any atom is -0.462 e. The van der Waals surface area contributed by atoms with E-state index in [-0.39, 0.29) is 50.9 Å². The molecule has 0 aliphatic carbocycles. The molecule has 0 atom stereocenters. The van der Waals surface area contributed by atoms with Crippen LogP contribution in [0.3, 0.4) is 0 Å². The highest BCUT2D eigenvalue weighted by Crippen LogP contribution is 2.20. The van der Waals surface area contributed by atoms with Crippen molar-refractivity contribution in [1.82, 2.24) is 0 Å². The van der Waals surface area contributed by atoms with Crippen molar-refractivity contribution >= 4 is 17.9 Å². The predicted molar refractivity (Wildman–Crippen MR) is 304 cm³/mol. The highest BCUT2D eigenvalue weighted by Gasteiger charge is 2.25. The van der Waals surface area contributed by atoms with Gasteiger partial charge in [-0.25, -0.2) is 0 Å². The molecule has 0 aliphatic heterocycles. The molecule has 9 heteroatoms. The van der Waals surface area contributed by atoms with Crippen LogP contribution in [-0.4, -0.2) is 72.4 Å². The van der Waals surface area contributed by atoms with Gasteiger partial charge in [0.05, 0.1) is 19.8 Å². The standard InChI is InChI=1S/C57H110O6.C6H14O3/c1-4-7-10-13-16-19-22-25-28-31-34-37-40-43-46-49-55(58)61-52-54(63-57(60)51-48-45-42-39-36-33-30-27-24-21-18-15-12-9-6-3)53-62-56(59)50-47-44-41-38-35-32-29-26-23-20-17-14-11-8-5-2;1-2-6(3-7,4-8)5-9/h54H,4-53H2,1-3H3;7-9H,2-5H2,1H3. The van der Waals surface area contributed by atoms with E-state index in [4.69, 9.17) is 29.5 Å². The van der Waals surface area contributed by atoms with Crippen LogP contribution >= 0.6 is 0 Å². The predicted octanol–water partition coefficient (Wildman–Crippen LogP) is 18.1. The van der Waals surface area contributed by atoms with Crippen molar-refractivity contribution in [1.29, 1.82) is 0 Å². The maximum Gasteiger partial charge on any atom is 0.306 e. The van der Waals surface area contributed by atoms with Gasteiger partial charge in [0.2, 0.25) is 0 Å². The molecular weight excluding hydrogens is 901 g/mol. The number of rotatable bonds is 57. The smallest absolute Gasteiger partial charge is 0.306 e. The Hall–Kier alpha value is -1.71. The van der Waals surface area contributed by atoms with Crippen molar-refractivity contribution < 1.29 is 43.9 Å². The number of ether oxygens (including phenoxy) is 3. The van der Waals surface area contributed by atoms with Crippen LogP contribution in [-0.2, 0) is 28.6 Å². The van der Waals surface area contributed by atoms with Crippen LogP contribution in [0.2, 0.25) is 0 Å². The van der Waals surface area contributed by atoms with Crippen LogP contribution in [0.15, 0.2) is 0 Å². The molecule has 0 saturated heterocycles. The van der Waals surface area contributed by atoms with Gasteiger partial charge in [-0.3, -0.25) is 14.4 Å². The third-order valence-corrected chi connectivity index (χ3v) is 14.9. The molecule has 0 aromatic carbocycles. The first-order valence-electron chi connectivity index (χ1n) is 31.6. The van der Waals surface area contributed by atoms with Gasteiger partial charge in [0.25, 0.3) is 0 Å². The first-order chi connectivity index (χ1) is 35.3. The molecular formula is C63H124O9. The first-order valence-corrected chi connectivity index (χ1v) is 31.6. The molecule has 72 heavy (non-hydrogen) atoms. The zero-order chi connectivity index (χ0) is 53.1. The third-order valence-electron chi connectivity index (χ3n) is 14.9. The first kappa shape index (κ1) is 72.4. The van der Waals surface area contributed by atoms with Crippen molar-refractivity contribution in [2.45, 2.75) is 348 Å². The highest BCUT2D eigenvalue weighted by molar-refractivity contribution is 5.71. The minimum absolute atomic E-state index is 0.0611. The lowest BCUT2D eigenvalue weighted by molar-refractivity contribution is -0.167. The Kier molecular flexibility index (Phi) is 60.5. The second kappa shape index (κ2) is 60.2. The van der Waals surface area contributed by atoms with Crippen LogP contribution in [0, 0.1) is 5.41 Å². The van der Waals surface area contributed by atoms with E-state index in [2.05, 4.69) is 20.8 Å². The molecule has 0 aromatic heterocycles. The second-order valence-electron chi connectivity index (χ2n) is 21.9. The summed E-state index contributed by atoms with van der Waals surface area (Å²) in [6.45, 7) is 8.06. The average molecular weight is 1030 g/mol. The summed E-state index contributed by atoms with van der Waals surface area (Å²) < 4.78 is 16.9. The van der Waals surface area contributed by atoms with E-state index < -0.39 is 11.5 Å². The molecule has 9 nitrogen and oxygen atoms in total. The monoisotopic (exact) mass is 1020 g/mol. The summed E-state index contributed by atoms with van der Waals surface area (Å²) in [7, 11) is 0. The van der Waals surface area contributed by atoms with Gasteiger partial charge >= 0.3 is 17.9 Å². The molecule has 0 radical (unpaired) electrons. The number of esters is 3. The lowest BCUT2D eigenvalue weighted by Gasteiger charge is -2.24. The van der Waals surface area contributed by atoms with Crippen LogP contribution < -0.4 is 0 Å². The summed E-state index contributed by atoms with van der Waals surface area (Å²) in [5, 5.41) is 26.0. The SMILES string of the molecule is CCC(CO)(CO)CO.CCCCCCCCCCCCCCCCCC(=O)OCC(COC(=O)CCCCCCCCCCCCCCCCC)OC(=O)CCCCCCCCCCCCCCCCC. The van der Waals surface area contributed by atoms with E-state index in [0.29, 0.717) is 25.7 Å². The van der Waals surface area contributed by atoms with E-state index >= 15 is 0 Å². The van der Waals surface area contributed by atoms with Crippen molar-refractivity contribution in [2.24, 2.45) is 5.41 Å². The number of carbonyl (C=O) groups is 3. The Morgan fingerprint density at radius 2 is 0.500 bits per heavy atom. The van der Waals surface area contributed by atoms with Gasteiger partial charge in [0, 0.05) is 24.7 Å². The summed E-state index contributed by atoms with van der Waals surface area (Å²) in [5.41, 5.74) is -0.667. The van der Waals surface area contributed by atoms with E-state index in [0.717, 1.165) is 57.8 Å². The number of unbranched alkanes of at least 4 members (excludes halogenated alkanes) is 42. The number of aliphatic hydroxyl groups excluding tert-OH is 3. The normalized spacial score (nSPS) is 11.5. The fourth-order valence-corrected chi connectivity index (χ4v) is 9.28. The van der Waals surface area contributed by atoms with Crippen molar-refractivity contribution in [3.63, 3.8) is 0 Å². The van der Waals surface area contributed by atoms with Gasteiger partial charge in [-0.1, -0.05) is 297 Å². The van der Waals surface area contributed by atoms with E-state index in [1.165, 1.54) is 231 Å². The van der Waals surface area contributed by atoms with Gasteiger partial charge in [-0.2, -0.15) is 0 Å². The van der Waals surface area contributed by atoms with E-state index in [1.54, 1.807) is 0 Å². The summed E-state index contributed by atoms with van der Waals surface area (Å²) in [6.07, 6.45) is 58.6. The Balaban J connectivity index is 0. The lowest BCUT2D eigenvalue weighted by Crippen LogP contribution is -2.32. The Morgan fingerprint density at radius 3 is 0.681 bits per heavy atom. The molecule has 0 saturated carbocycles. The molecule has 0 aliphatic rings. The van der Waals surface area contributed by atoms with Crippen LogP contribution in [0.25, 0.3) is 0 Å². The number of hydrogen-bond donors (Lipinski definition) is 3. The minimum atomic E-state index is -0.760. The highest BCUT2D eigenvalue weighted by atomic mass is 16.6. The largest absolute Gasteiger partial charge is 0.462 e. The Bertz CT molecular complexity index is 1030. The average Bonchev–Trinajstić information content (AvgIpc) is 3.39. The van der Waals surface area contributed by atoms with Gasteiger partial charge in [-0.05, 0) is 25.7 Å². The zero-order valence-electron chi connectivity index (χ0n) is 48.6. The molecule has 0 aromatic rings. The van der Waals surface area contributed by atoms with Crippen LogP contribution in [0.1, 0.15) is 342 Å². The summed E-state index contributed by atoms with van der Waals surface area (Å²) in [4.78, 5) is 38.1. The van der Waals surface area contributed by atoms with Gasteiger partial charge < -0.3 is 29.5 Å². The maximum atomic E-state index is 12.8. The Labute approximate surface area is 447 Å². The number of hydrogen-bond acceptors (Lipinski definition) is 9.